The standard InChI is InChI=1S/C13H19NO3S/c1-18(15,16)12-4-2-3-11(9-12)17-10-13(5-6-13)7-8-14/h2-4,9H,5-8,10,14H2,1H3. The topological polar surface area (TPSA) is 69.4 Å². The van der Waals surface area contributed by atoms with Crippen molar-refractivity contribution in [2.45, 2.75) is 24.2 Å². The number of ether oxygens (including phenoxy) is 1. The Bertz CT molecular complexity index is 521. The van der Waals surface area contributed by atoms with Crippen molar-refractivity contribution in [1.82, 2.24) is 0 Å². The molecular weight excluding hydrogens is 250 g/mol. The third-order valence-corrected chi connectivity index (χ3v) is 4.52. The summed E-state index contributed by atoms with van der Waals surface area (Å²) in [6.07, 6.45) is 4.47. The van der Waals surface area contributed by atoms with Gasteiger partial charge in [0, 0.05) is 11.7 Å². The van der Waals surface area contributed by atoms with Gasteiger partial charge in [0.1, 0.15) is 5.75 Å². The molecule has 0 aromatic heterocycles. The highest BCUT2D eigenvalue weighted by Gasteiger charge is 2.42. The summed E-state index contributed by atoms with van der Waals surface area (Å²) in [6.45, 7) is 1.30. The molecule has 1 fully saturated rings. The quantitative estimate of drug-likeness (QED) is 0.851. The van der Waals surface area contributed by atoms with Crippen molar-refractivity contribution < 1.29 is 13.2 Å². The molecule has 1 aromatic carbocycles. The molecule has 0 aliphatic heterocycles. The van der Waals surface area contributed by atoms with Crippen molar-refractivity contribution in [2.24, 2.45) is 11.1 Å². The fourth-order valence-corrected chi connectivity index (χ4v) is 2.64. The Hall–Kier alpha value is -1.07. The van der Waals surface area contributed by atoms with Crippen LogP contribution in [0.5, 0.6) is 5.75 Å². The van der Waals surface area contributed by atoms with Crippen molar-refractivity contribution in [3.63, 3.8) is 0 Å². The normalized spacial score (nSPS) is 17.4. The van der Waals surface area contributed by atoms with Crippen molar-refractivity contribution in [3.8, 4) is 5.75 Å². The number of sulfone groups is 1. The van der Waals surface area contributed by atoms with Gasteiger partial charge in [0.15, 0.2) is 9.84 Å². The molecule has 0 radical (unpaired) electrons. The van der Waals surface area contributed by atoms with Crippen LogP contribution in [-0.2, 0) is 9.84 Å². The molecule has 1 saturated carbocycles. The van der Waals surface area contributed by atoms with Gasteiger partial charge in [-0.05, 0) is 44.0 Å². The van der Waals surface area contributed by atoms with Gasteiger partial charge in [0.2, 0.25) is 0 Å². The second-order valence-electron chi connectivity index (χ2n) is 5.07. The molecule has 2 N–H and O–H groups in total. The molecule has 1 aromatic rings. The van der Waals surface area contributed by atoms with Gasteiger partial charge in [-0.1, -0.05) is 6.07 Å². The van der Waals surface area contributed by atoms with E-state index in [1.54, 1.807) is 24.3 Å². The van der Waals surface area contributed by atoms with Crippen LogP contribution in [0, 0.1) is 5.41 Å². The van der Waals surface area contributed by atoms with E-state index in [-0.39, 0.29) is 5.41 Å². The van der Waals surface area contributed by atoms with Gasteiger partial charge in [-0.15, -0.1) is 0 Å². The van der Waals surface area contributed by atoms with Crippen LogP contribution >= 0.6 is 0 Å². The summed E-state index contributed by atoms with van der Waals surface area (Å²) < 4.78 is 28.6. The minimum atomic E-state index is -3.17. The zero-order chi connectivity index (χ0) is 13.2. The smallest absolute Gasteiger partial charge is 0.175 e. The van der Waals surface area contributed by atoms with Crippen molar-refractivity contribution in [2.75, 3.05) is 19.4 Å². The van der Waals surface area contributed by atoms with E-state index in [1.807, 2.05) is 0 Å². The number of hydrogen-bond donors (Lipinski definition) is 1. The SMILES string of the molecule is CS(=O)(=O)c1cccc(OCC2(CCN)CC2)c1. The first-order valence-corrected chi connectivity index (χ1v) is 7.97. The van der Waals surface area contributed by atoms with Crippen LogP contribution in [0.1, 0.15) is 19.3 Å². The molecule has 0 heterocycles. The molecule has 2 rings (SSSR count). The summed E-state index contributed by atoms with van der Waals surface area (Å²) in [6, 6.07) is 6.64. The van der Waals surface area contributed by atoms with E-state index in [2.05, 4.69) is 0 Å². The maximum Gasteiger partial charge on any atom is 0.175 e. The Morgan fingerprint density at radius 1 is 1.39 bits per heavy atom. The van der Waals surface area contributed by atoms with Crippen molar-refractivity contribution in [3.05, 3.63) is 24.3 Å². The third-order valence-electron chi connectivity index (χ3n) is 3.41. The molecular formula is C13H19NO3S. The van der Waals surface area contributed by atoms with E-state index in [0.717, 1.165) is 19.3 Å². The lowest BCUT2D eigenvalue weighted by Gasteiger charge is -2.15. The second-order valence-corrected chi connectivity index (χ2v) is 7.09. The highest BCUT2D eigenvalue weighted by Crippen LogP contribution is 2.48. The zero-order valence-electron chi connectivity index (χ0n) is 10.6. The molecule has 0 saturated heterocycles. The number of benzene rings is 1. The molecule has 1 aliphatic carbocycles. The lowest BCUT2D eigenvalue weighted by molar-refractivity contribution is 0.226. The van der Waals surface area contributed by atoms with Crippen LogP contribution in [0.2, 0.25) is 0 Å². The third kappa shape index (κ3) is 3.23. The summed E-state index contributed by atoms with van der Waals surface area (Å²) in [5, 5.41) is 0. The summed E-state index contributed by atoms with van der Waals surface area (Å²) in [5.74, 6) is 0.612. The largest absolute Gasteiger partial charge is 0.493 e. The Morgan fingerprint density at radius 2 is 2.11 bits per heavy atom. The summed E-state index contributed by atoms with van der Waals surface area (Å²) in [7, 11) is -3.17. The van der Waals surface area contributed by atoms with Crippen LogP contribution in [0.3, 0.4) is 0 Å². The van der Waals surface area contributed by atoms with Crippen LogP contribution in [0.4, 0.5) is 0 Å². The Labute approximate surface area is 108 Å². The van der Waals surface area contributed by atoms with Crippen LogP contribution in [-0.4, -0.2) is 27.8 Å². The average Bonchev–Trinajstić information content (AvgIpc) is 3.07. The first kappa shape index (κ1) is 13.4. The number of nitrogens with two attached hydrogens (primary N) is 1. The van der Waals surface area contributed by atoms with Gasteiger partial charge >= 0.3 is 0 Å². The molecule has 0 spiro atoms. The Morgan fingerprint density at radius 3 is 2.67 bits per heavy atom. The van der Waals surface area contributed by atoms with E-state index >= 15 is 0 Å². The van der Waals surface area contributed by atoms with Gasteiger partial charge < -0.3 is 10.5 Å². The predicted molar refractivity (Wildman–Crippen MR) is 70.4 cm³/mol. The van der Waals surface area contributed by atoms with Gasteiger partial charge in [-0.25, -0.2) is 8.42 Å². The number of rotatable bonds is 6. The van der Waals surface area contributed by atoms with E-state index in [9.17, 15) is 8.42 Å². The van der Waals surface area contributed by atoms with Crippen LogP contribution < -0.4 is 10.5 Å². The monoisotopic (exact) mass is 269 g/mol. The molecule has 4 nitrogen and oxygen atoms in total. The molecule has 0 amide bonds. The molecule has 100 valence electrons. The van der Waals surface area contributed by atoms with Crippen molar-refractivity contribution >= 4 is 9.84 Å². The summed E-state index contributed by atoms with van der Waals surface area (Å²) in [5.41, 5.74) is 5.80. The molecule has 1 aliphatic rings. The molecule has 0 atom stereocenters. The highest BCUT2D eigenvalue weighted by molar-refractivity contribution is 7.90. The van der Waals surface area contributed by atoms with E-state index < -0.39 is 9.84 Å². The van der Waals surface area contributed by atoms with Crippen LogP contribution in [0.25, 0.3) is 0 Å². The van der Waals surface area contributed by atoms with Crippen molar-refractivity contribution in [1.29, 1.82) is 0 Å². The number of hydrogen-bond acceptors (Lipinski definition) is 4. The summed E-state index contributed by atoms with van der Waals surface area (Å²) >= 11 is 0. The van der Waals surface area contributed by atoms with E-state index in [0.29, 0.717) is 23.8 Å². The van der Waals surface area contributed by atoms with Gasteiger partial charge in [-0.3, -0.25) is 0 Å². The van der Waals surface area contributed by atoms with E-state index in [1.165, 1.54) is 6.26 Å². The molecule has 0 unspecified atom stereocenters. The van der Waals surface area contributed by atoms with Gasteiger partial charge in [-0.2, -0.15) is 0 Å². The van der Waals surface area contributed by atoms with Gasteiger partial charge in [0.25, 0.3) is 0 Å². The minimum Gasteiger partial charge on any atom is -0.493 e. The zero-order valence-corrected chi connectivity index (χ0v) is 11.4. The minimum absolute atomic E-state index is 0.232. The molecule has 18 heavy (non-hydrogen) atoms. The van der Waals surface area contributed by atoms with E-state index in [4.69, 9.17) is 10.5 Å². The first-order valence-electron chi connectivity index (χ1n) is 6.08. The lowest BCUT2D eigenvalue weighted by Crippen LogP contribution is -2.17. The summed E-state index contributed by atoms with van der Waals surface area (Å²) in [4.78, 5) is 0.295. The highest BCUT2D eigenvalue weighted by atomic mass is 32.2. The fraction of sp³-hybridized carbons (Fsp3) is 0.538. The van der Waals surface area contributed by atoms with Gasteiger partial charge in [0.05, 0.1) is 11.5 Å². The molecule has 0 bridgehead atoms. The molecule has 5 heteroatoms. The predicted octanol–water partition coefficient (Wildman–Crippen LogP) is 1.60. The first-order chi connectivity index (χ1) is 8.45. The fourth-order valence-electron chi connectivity index (χ4n) is 1.98. The lowest BCUT2D eigenvalue weighted by atomic mass is 10.0. The maximum absolute atomic E-state index is 11.4. The Balaban J connectivity index is 2.02. The second kappa shape index (κ2) is 4.90. The maximum atomic E-state index is 11.4. The van der Waals surface area contributed by atoms with Crippen LogP contribution in [0.15, 0.2) is 29.2 Å². The Kier molecular flexibility index (Phi) is 3.64. The average molecular weight is 269 g/mol.